The molecule has 0 unspecified atom stereocenters. The van der Waals surface area contributed by atoms with Crippen LogP contribution in [0.15, 0.2) is 53.5 Å². The van der Waals surface area contributed by atoms with Crippen molar-refractivity contribution in [1.82, 2.24) is 10.6 Å². The molecule has 0 atom stereocenters. The molecule has 3 N–H and O–H groups in total. The van der Waals surface area contributed by atoms with Gasteiger partial charge in [0, 0.05) is 17.8 Å². The first kappa shape index (κ1) is 22.8. The summed E-state index contributed by atoms with van der Waals surface area (Å²) in [4.78, 5) is 16.6. The second-order valence-electron chi connectivity index (χ2n) is 5.78. The van der Waals surface area contributed by atoms with Gasteiger partial charge in [0.25, 0.3) is 0 Å². The Morgan fingerprint density at radius 2 is 1.85 bits per heavy atom. The summed E-state index contributed by atoms with van der Waals surface area (Å²) in [6.07, 6.45) is 0. The highest BCUT2D eigenvalue weighted by Gasteiger charge is 2.06. The number of carbonyl (C=O) groups is 1. The smallest absolute Gasteiger partial charge is 0.243 e. The molecule has 146 valence electrons. The molecule has 2 aromatic rings. The molecule has 0 aliphatic carbocycles. The van der Waals surface area contributed by atoms with Gasteiger partial charge in [0.05, 0.1) is 20.2 Å². The van der Waals surface area contributed by atoms with Crippen molar-refractivity contribution in [1.29, 1.82) is 0 Å². The number of ether oxygens (including phenoxy) is 1. The van der Waals surface area contributed by atoms with Crippen LogP contribution in [-0.2, 0) is 11.3 Å². The van der Waals surface area contributed by atoms with E-state index in [2.05, 4.69) is 20.9 Å². The predicted octanol–water partition coefficient (Wildman–Crippen LogP) is 3.32. The van der Waals surface area contributed by atoms with Crippen molar-refractivity contribution in [2.75, 3.05) is 25.5 Å². The van der Waals surface area contributed by atoms with Gasteiger partial charge in [0.2, 0.25) is 5.91 Å². The summed E-state index contributed by atoms with van der Waals surface area (Å²) in [5.74, 6) is 1.26. The molecule has 0 radical (unpaired) electrons. The Morgan fingerprint density at radius 1 is 1.11 bits per heavy atom. The Labute approximate surface area is 177 Å². The zero-order chi connectivity index (χ0) is 18.8. The third-order valence-corrected chi connectivity index (χ3v) is 3.67. The zero-order valence-corrected chi connectivity index (χ0v) is 18.2. The van der Waals surface area contributed by atoms with E-state index in [9.17, 15) is 4.79 Å². The maximum Gasteiger partial charge on any atom is 0.243 e. The lowest BCUT2D eigenvalue weighted by Crippen LogP contribution is -2.41. The quantitative estimate of drug-likeness (QED) is 0.322. The highest BCUT2D eigenvalue weighted by atomic mass is 127. The molecule has 7 heteroatoms. The molecule has 2 aromatic carbocycles. The topological polar surface area (TPSA) is 74.8 Å². The molecule has 0 fully saturated rings. The second kappa shape index (κ2) is 12.2. The van der Waals surface area contributed by atoms with E-state index in [0.717, 1.165) is 22.6 Å². The van der Waals surface area contributed by atoms with E-state index in [1.165, 1.54) is 0 Å². The first-order chi connectivity index (χ1) is 12.6. The molecule has 0 spiro atoms. The number of guanidine groups is 1. The summed E-state index contributed by atoms with van der Waals surface area (Å²) in [6, 6.07) is 15.4. The molecule has 1 amide bonds. The van der Waals surface area contributed by atoms with Crippen LogP contribution in [0.1, 0.15) is 18.1 Å². The van der Waals surface area contributed by atoms with E-state index in [4.69, 9.17) is 4.74 Å². The van der Waals surface area contributed by atoms with Crippen LogP contribution in [-0.4, -0.2) is 32.1 Å². The number of hydrogen-bond acceptors (Lipinski definition) is 3. The molecule has 2 rings (SSSR count). The number of benzene rings is 2. The number of nitrogens with one attached hydrogen (secondary N) is 3. The van der Waals surface area contributed by atoms with E-state index in [1.807, 2.05) is 62.4 Å². The van der Waals surface area contributed by atoms with Gasteiger partial charge >= 0.3 is 0 Å². The van der Waals surface area contributed by atoms with E-state index in [0.29, 0.717) is 19.0 Å². The third kappa shape index (κ3) is 7.86. The van der Waals surface area contributed by atoms with E-state index >= 15 is 0 Å². The van der Waals surface area contributed by atoms with Crippen LogP contribution >= 0.6 is 24.0 Å². The summed E-state index contributed by atoms with van der Waals surface area (Å²) in [5.41, 5.74) is 2.90. The Morgan fingerprint density at radius 3 is 2.52 bits per heavy atom. The van der Waals surface area contributed by atoms with Gasteiger partial charge in [-0.05, 0) is 37.6 Å². The maximum absolute atomic E-state index is 12.1. The van der Waals surface area contributed by atoms with Crippen LogP contribution in [0, 0.1) is 6.92 Å². The summed E-state index contributed by atoms with van der Waals surface area (Å²) in [5, 5.41) is 9.02. The molecule has 27 heavy (non-hydrogen) atoms. The Hall–Kier alpha value is -2.29. The normalized spacial score (nSPS) is 10.6. The Balaban J connectivity index is 0.00000364. The van der Waals surface area contributed by atoms with Gasteiger partial charge in [-0.2, -0.15) is 0 Å². The van der Waals surface area contributed by atoms with E-state index < -0.39 is 0 Å². The first-order valence-electron chi connectivity index (χ1n) is 8.63. The Kier molecular flexibility index (Phi) is 10.2. The van der Waals surface area contributed by atoms with Crippen LogP contribution in [0.5, 0.6) is 5.75 Å². The standard InChI is InChI=1S/C20H26N4O2.HI/c1-4-21-20(22-13-16-11-10-15(2)12-18(16)26-3)23-14-19(25)24-17-8-6-5-7-9-17;/h5-12H,4,13-14H2,1-3H3,(H,24,25)(H2,21,22,23);1H. The number of para-hydroxylation sites is 1. The van der Waals surface area contributed by atoms with Gasteiger partial charge in [-0.3, -0.25) is 4.79 Å². The fraction of sp³-hybridized carbons (Fsp3) is 0.300. The molecule has 0 aliphatic heterocycles. The third-order valence-electron chi connectivity index (χ3n) is 3.67. The lowest BCUT2D eigenvalue weighted by Gasteiger charge is -2.12. The largest absolute Gasteiger partial charge is 0.496 e. The fourth-order valence-electron chi connectivity index (χ4n) is 2.38. The number of halogens is 1. The molecule has 0 heterocycles. The van der Waals surface area contributed by atoms with Crippen LogP contribution in [0.2, 0.25) is 0 Å². The van der Waals surface area contributed by atoms with E-state index in [1.54, 1.807) is 7.11 Å². The van der Waals surface area contributed by atoms with Gasteiger partial charge < -0.3 is 20.7 Å². The summed E-state index contributed by atoms with van der Waals surface area (Å²) >= 11 is 0. The van der Waals surface area contributed by atoms with E-state index in [-0.39, 0.29) is 36.4 Å². The zero-order valence-electron chi connectivity index (χ0n) is 15.9. The average Bonchev–Trinajstić information content (AvgIpc) is 2.65. The monoisotopic (exact) mass is 482 g/mol. The van der Waals surface area contributed by atoms with Gasteiger partial charge in [-0.15, -0.1) is 24.0 Å². The number of methoxy groups -OCH3 is 1. The number of anilines is 1. The number of carbonyl (C=O) groups excluding carboxylic acids is 1. The van der Waals surface area contributed by atoms with Gasteiger partial charge in [0.15, 0.2) is 5.96 Å². The highest BCUT2D eigenvalue weighted by molar-refractivity contribution is 14.0. The fourth-order valence-corrected chi connectivity index (χ4v) is 2.38. The summed E-state index contributed by atoms with van der Waals surface area (Å²) in [6.45, 7) is 5.29. The number of aliphatic imine (C=N–C) groups is 1. The average molecular weight is 482 g/mol. The number of hydrogen-bond donors (Lipinski definition) is 3. The number of nitrogens with zero attached hydrogens (tertiary/aromatic N) is 1. The minimum absolute atomic E-state index is 0. The second-order valence-corrected chi connectivity index (χ2v) is 5.78. The van der Waals surface area contributed by atoms with Crippen molar-refractivity contribution in [2.24, 2.45) is 4.99 Å². The minimum atomic E-state index is -0.130. The number of aryl methyl sites for hydroxylation is 1. The lowest BCUT2D eigenvalue weighted by molar-refractivity contribution is -0.115. The van der Waals surface area contributed by atoms with Gasteiger partial charge in [0.1, 0.15) is 5.75 Å². The van der Waals surface area contributed by atoms with Crippen molar-refractivity contribution < 1.29 is 9.53 Å². The van der Waals surface area contributed by atoms with Crippen molar-refractivity contribution in [2.45, 2.75) is 20.4 Å². The minimum Gasteiger partial charge on any atom is -0.496 e. The molecule has 0 bridgehead atoms. The SMILES string of the molecule is CCNC(=NCc1ccc(C)cc1OC)NCC(=O)Nc1ccccc1.I. The molecular formula is C20H27IN4O2. The summed E-state index contributed by atoms with van der Waals surface area (Å²) in [7, 11) is 1.65. The molecule has 0 aromatic heterocycles. The number of rotatable bonds is 7. The Bertz CT molecular complexity index is 751. The van der Waals surface area contributed by atoms with Crippen molar-refractivity contribution in [3.63, 3.8) is 0 Å². The summed E-state index contributed by atoms with van der Waals surface area (Å²) < 4.78 is 5.41. The van der Waals surface area contributed by atoms with Crippen LogP contribution < -0.4 is 20.7 Å². The first-order valence-corrected chi connectivity index (χ1v) is 8.63. The van der Waals surface area contributed by atoms with Crippen molar-refractivity contribution in [3.8, 4) is 5.75 Å². The van der Waals surface area contributed by atoms with Crippen molar-refractivity contribution >= 4 is 41.5 Å². The lowest BCUT2D eigenvalue weighted by atomic mass is 10.1. The highest BCUT2D eigenvalue weighted by Crippen LogP contribution is 2.20. The maximum atomic E-state index is 12.1. The molecule has 0 saturated carbocycles. The molecule has 0 saturated heterocycles. The van der Waals surface area contributed by atoms with Gasteiger partial charge in [-0.1, -0.05) is 30.3 Å². The number of amides is 1. The van der Waals surface area contributed by atoms with Gasteiger partial charge in [-0.25, -0.2) is 4.99 Å². The van der Waals surface area contributed by atoms with Crippen LogP contribution in [0.3, 0.4) is 0 Å². The van der Waals surface area contributed by atoms with Crippen LogP contribution in [0.4, 0.5) is 5.69 Å². The predicted molar refractivity (Wildman–Crippen MR) is 121 cm³/mol. The molecule has 6 nitrogen and oxygen atoms in total. The molecular weight excluding hydrogens is 455 g/mol. The van der Waals surface area contributed by atoms with Crippen molar-refractivity contribution in [3.05, 3.63) is 59.7 Å². The van der Waals surface area contributed by atoms with Crippen LogP contribution in [0.25, 0.3) is 0 Å². The molecule has 0 aliphatic rings.